The Labute approximate surface area is 151 Å². The maximum Gasteiger partial charge on any atom is 0.303 e. The Morgan fingerprint density at radius 1 is 0.920 bits per heavy atom. The molecular formula is C21H28O3Si. The van der Waals surface area contributed by atoms with Gasteiger partial charge in [-0.2, -0.15) is 0 Å². The Hall–Kier alpha value is -1.91. The van der Waals surface area contributed by atoms with Crippen LogP contribution in [0.25, 0.3) is 0 Å². The molecule has 0 spiro atoms. The van der Waals surface area contributed by atoms with Gasteiger partial charge in [-0.05, 0) is 28.3 Å². The Morgan fingerprint density at radius 3 is 1.80 bits per heavy atom. The van der Waals surface area contributed by atoms with Crippen LogP contribution in [0.15, 0.2) is 60.7 Å². The van der Waals surface area contributed by atoms with Crippen molar-refractivity contribution < 1.29 is 14.3 Å². The summed E-state index contributed by atoms with van der Waals surface area (Å²) in [7, 11) is -2.47. The highest BCUT2D eigenvalue weighted by atomic mass is 28.4. The van der Waals surface area contributed by atoms with Crippen molar-refractivity contribution in [1.29, 1.82) is 0 Å². The first-order chi connectivity index (χ1) is 11.9. The molecule has 0 aliphatic rings. The number of carboxylic acid groups (broad SMARTS) is 1. The minimum absolute atomic E-state index is 0.0392. The molecule has 0 heterocycles. The van der Waals surface area contributed by atoms with Gasteiger partial charge in [0, 0.05) is 13.0 Å². The molecule has 134 valence electrons. The molecule has 0 aliphatic heterocycles. The second-order valence-corrected chi connectivity index (χ2v) is 11.7. The summed E-state index contributed by atoms with van der Waals surface area (Å²) in [6.07, 6.45) is 1.61. The highest BCUT2D eigenvalue weighted by Crippen LogP contribution is 2.36. The molecule has 1 N–H and O–H groups in total. The number of carbonyl (C=O) groups is 1. The van der Waals surface area contributed by atoms with E-state index >= 15 is 0 Å². The van der Waals surface area contributed by atoms with Crippen LogP contribution in [0.4, 0.5) is 0 Å². The Balaban J connectivity index is 2.37. The number of benzene rings is 2. The Bertz CT molecular complexity index is 623. The number of aliphatic carboxylic acids is 1. The second kappa shape index (κ2) is 8.45. The van der Waals surface area contributed by atoms with Gasteiger partial charge in [-0.1, -0.05) is 81.4 Å². The van der Waals surface area contributed by atoms with Gasteiger partial charge in [0.15, 0.2) is 0 Å². The van der Waals surface area contributed by atoms with Crippen molar-refractivity contribution in [2.75, 3.05) is 6.61 Å². The van der Waals surface area contributed by atoms with Crippen LogP contribution in [-0.2, 0) is 9.22 Å². The van der Waals surface area contributed by atoms with E-state index < -0.39 is 14.3 Å². The minimum atomic E-state index is -2.47. The quantitative estimate of drug-likeness (QED) is 0.578. The molecule has 0 bridgehead atoms. The number of hydrogen-bond donors (Lipinski definition) is 1. The van der Waals surface area contributed by atoms with Gasteiger partial charge in [0.05, 0.1) is 0 Å². The average Bonchev–Trinajstić information content (AvgIpc) is 2.58. The maximum absolute atomic E-state index is 10.7. The molecule has 2 aromatic carbocycles. The van der Waals surface area contributed by atoms with Gasteiger partial charge < -0.3 is 9.53 Å². The summed E-state index contributed by atoms with van der Waals surface area (Å²) in [5.74, 6) is -0.745. The predicted octanol–water partition coefficient (Wildman–Crippen LogP) is 3.82. The smallest absolute Gasteiger partial charge is 0.303 e. The number of carboxylic acids is 1. The fraction of sp³-hybridized carbons (Fsp3) is 0.381. The van der Waals surface area contributed by atoms with Gasteiger partial charge in [-0.15, -0.1) is 0 Å². The van der Waals surface area contributed by atoms with Gasteiger partial charge in [0.1, 0.15) is 0 Å². The van der Waals surface area contributed by atoms with Crippen molar-refractivity contribution in [1.82, 2.24) is 0 Å². The summed E-state index contributed by atoms with van der Waals surface area (Å²) in [4.78, 5) is 10.7. The largest absolute Gasteiger partial charge is 0.481 e. The van der Waals surface area contributed by atoms with E-state index in [-0.39, 0.29) is 11.5 Å². The van der Waals surface area contributed by atoms with E-state index in [1.54, 1.807) is 0 Å². The molecule has 0 amide bonds. The molecular weight excluding hydrogens is 328 g/mol. The van der Waals surface area contributed by atoms with Gasteiger partial charge in [0.25, 0.3) is 8.32 Å². The van der Waals surface area contributed by atoms with Crippen LogP contribution in [0.3, 0.4) is 0 Å². The van der Waals surface area contributed by atoms with E-state index in [1.165, 1.54) is 10.4 Å². The highest BCUT2D eigenvalue weighted by Gasteiger charge is 2.49. The topological polar surface area (TPSA) is 46.5 Å². The predicted molar refractivity (Wildman–Crippen MR) is 105 cm³/mol. The molecule has 0 aromatic heterocycles. The third kappa shape index (κ3) is 4.59. The zero-order valence-corrected chi connectivity index (χ0v) is 16.4. The van der Waals surface area contributed by atoms with Crippen LogP contribution in [0.5, 0.6) is 0 Å². The molecule has 0 fully saturated rings. The molecule has 4 heteroatoms. The van der Waals surface area contributed by atoms with E-state index in [9.17, 15) is 4.79 Å². The normalized spacial score (nSPS) is 12.1. The van der Waals surface area contributed by atoms with Crippen molar-refractivity contribution in [2.45, 2.75) is 45.1 Å². The van der Waals surface area contributed by atoms with Crippen LogP contribution in [0, 0.1) is 0 Å². The first-order valence-corrected chi connectivity index (χ1v) is 10.8. The van der Waals surface area contributed by atoms with E-state index in [1.807, 2.05) is 12.1 Å². The summed E-state index contributed by atoms with van der Waals surface area (Å²) >= 11 is 0. The number of rotatable bonds is 8. The molecule has 2 rings (SSSR count). The lowest BCUT2D eigenvalue weighted by atomic mass is 10.2. The summed E-state index contributed by atoms with van der Waals surface area (Å²) < 4.78 is 6.69. The van der Waals surface area contributed by atoms with Crippen LogP contribution in [-0.4, -0.2) is 26.0 Å². The van der Waals surface area contributed by atoms with Crippen LogP contribution in [0.2, 0.25) is 5.04 Å². The van der Waals surface area contributed by atoms with Gasteiger partial charge in [0.2, 0.25) is 0 Å². The summed E-state index contributed by atoms with van der Waals surface area (Å²) in [6.45, 7) is 7.32. The molecule has 0 saturated carbocycles. The van der Waals surface area contributed by atoms with Gasteiger partial charge in [-0.25, -0.2) is 0 Å². The zero-order chi connectivity index (χ0) is 18.3. The van der Waals surface area contributed by atoms with Crippen molar-refractivity contribution in [2.24, 2.45) is 0 Å². The standard InChI is InChI=1S/C21H28O3Si/c1-21(2,3)25(18-12-6-4-7-13-18,19-14-8-5-9-15-19)24-17-11-10-16-20(22)23/h4-9,12-15H,10-11,16-17H2,1-3H3,(H,22,23). The van der Waals surface area contributed by atoms with Crippen molar-refractivity contribution in [3.8, 4) is 0 Å². The van der Waals surface area contributed by atoms with Crippen molar-refractivity contribution >= 4 is 24.7 Å². The molecule has 0 aliphatic carbocycles. The Kier molecular flexibility index (Phi) is 6.56. The molecule has 25 heavy (non-hydrogen) atoms. The first-order valence-electron chi connectivity index (χ1n) is 8.85. The molecule has 0 saturated heterocycles. The van der Waals surface area contributed by atoms with Crippen molar-refractivity contribution in [3.63, 3.8) is 0 Å². The first kappa shape index (κ1) is 19.4. The van der Waals surface area contributed by atoms with E-state index in [0.717, 1.165) is 6.42 Å². The molecule has 3 nitrogen and oxygen atoms in total. The highest BCUT2D eigenvalue weighted by molar-refractivity contribution is 6.99. The Morgan fingerprint density at radius 2 is 1.40 bits per heavy atom. The number of unbranched alkanes of at least 4 members (excludes halogenated alkanes) is 1. The fourth-order valence-corrected chi connectivity index (χ4v) is 7.97. The van der Waals surface area contributed by atoms with E-state index in [2.05, 4.69) is 69.3 Å². The van der Waals surface area contributed by atoms with Crippen LogP contribution < -0.4 is 10.4 Å². The summed E-state index contributed by atoms with van der Waals surface area (Å²) in [5, 5.41) is 11.3. The van der Waals surface area contributed by atoms with Crippen molar-refractivity contribution in [3.05, 3.63) is 60.7 Å². The molecule has 0 unspecified atom stereocenters. The fourth-order valence-electron chi connectivity index (χ4n) is 3.37. The minimum Gasteiger partial charge on any atom is -0.481 e. The van der Waals surface area contributed by atoms with Crippen LogP contribution >= 0.6 is 0 Å². The monoisotopic (exact) mass is 356 g/mol. The van der Waals surface area contributed by atoms with Gasteiger partial charge >= 0.3 is 5.97 Å². The molecule has 0 radical (unpaired) electrons. The van der Waals surface area contributed by atoms with Gasteiger partial charge in [-0.3, -0.25) is 4.79 Å². The summed E-state index contributed by atoms with van der Waals surface area (Å²) in [6, 6.07) is 21.0. The lowest BCUT2D eigenvalue weighted by Gasteiger charge is -2.43. The zero-order valence-electron chi connectivity index (χ0n) is 15.4. The third-order valence-corrected chi connectivity index (χ3v) is 9.56. The molecule has 0 atom stereocenters. The summed E-state index contributed by atoms with van der Waals surface area (Å²) in [5.41, 5.74) is 0. The SMILES string of the molecule is CC(C)(C)[Si](OCCCCC(=O)O)(c1ccccc1)c1ccccc1. The maximum atomic E-state index is 10.7. The van der Waals surface area contributed by atoms with E-state index in [0.29, 0.717) is 13.0 Å². The van der Waals surface area contributed by atoms with E-state index in [4.69, 9.17) is 9.53 Å². The second-order valence-electron chi connectivity index (χ2n) is 7.36. The van der Waals surface area contributed by atoms with Crippen LogP contribution in [0.1, 0.15) is 40.0 Å². The molecule has 2 aromatic rings. The average molecular weight is 357 g/mol. The number of hydrogen-bond acceptors (Lipinski definition) is 2. The lowest BCUT2D eigenvalue weighted by Crippen LogP contribution is -2.66. The lowest BCUT2D eigenvalue weighted by molar-refractivity contribution is -0.137. The third-order valence-electron chi connectivity index (χ3n) is 4.52.